The molecule has 6 nitrogen and oxygen atoms in total. The zero-order chi connectivity index (χ0) is 13.6. The van der Waals surface area contributed by atoms with E-state index in [0.717, 1.165) is 15.5 Å². The van der Waals surface area contributed by atoms with Crippen molar-refractivity contribution in [3.8, 4) is 5.82 Å². The number of rotatable bonds is 1. The first-order valence-corrected chi connectivity index (χ1v) is 6.33. The molecule has 7 heteroatoms. The van der Waals surface area contributed by atoms with Crippen LogP contribution in [0.25, 0.3) is 16.9 Å². The van der Waals surface area contributed by atoms with E-state index in [-0.39, 0.29) is 11.6 Å². The van der Waals surface area contributed by atoms with Crippen LogP contribution in [0.15, 0.2) is 39.7 Å². The van der Waals surface area contributed by atoms with Crippen molar-refractivity contribution in [1.82, 2.24) is 19.1 Å². The molecule has 19 heavy (non-hydrogen) atoms. The maximum atomic E-state index is 12.3. The Kier molecular flexibility index (Phi) is 2.63. The van der Waals surface area contributed by atoms with Gasteiger partial charge in [0.05, 0.1) is 11.0 Å². The molecule has 0 aliphatic heterocycles. The third kappa shape index (κ3) is 1.82. The normalized spacial score (nSPS) is 11.1. The average molecular weight is 320 g/mol. The van der Waals surface area contributed by atoms with E-state index in [9.17, 15) is 4.79 Å². The number of aromatic nitrogens is 4. The Labute approximate surface area is 116 Å². The van der Waals surface area contributed by atoms with Crippen LogP contribution in [-0.4, -0.2) is 19.1 Å². The van der Waals surface area contributed by atoms with Crippen molar-refractivity contribution in [3.63, 3.8) is 0 Å². The maximum absolute atomic E-state index is 12.3. The molecular weight excluding hydrogens is 310 g/mol. The summed E-state index contributed by atoms with van der Waals surface area (Å²) in [7, 11) is 1.72. The number of aryl methyl sites for hydroxylation is 1. The topological polar surface area (TPSA) is 78.7 Å². The van der Waals surface area contributed by atoms with Crippen LogP contribution in [0.2, 0.25) is 0 Å². The summed E-state index contributed by atoms with van der Waals surface area (Å²) in [5, 5.41) is 0. The highest BCUT2D eigenvalue weighted by Crippen LogP contribution is 2.20. The monoisotopic (exact) mass is 319 g/mol. The Bertz CT molecular complexity index is 836. The molecule has 0 aliphatic carbocycles. The number of fused-ring (bicyclic) bond motifs is 1. The van der Waals surface area contributed by atoms with E-state index < -0.39 is 0 Å². The molecular formula is C12H10BrN5O. The van der Waals surface area contributed by atoms with Gasteiger partial charge in [-0.2, -0.15) is 4.98 Å². The van der Waals surface area contributed by atoms with Gasteiger partial charge in [0, 0.05) is 23.8 Å². The molecule has 0 atom stereocenters. The summed E-state index contributed by atoms with van der Waals surface area (Å²) in [4.78, 5) is 20.3. The number of hydrogen-bond acceptors (Lipinski definition) is 4. The number of nitrogens with two attached hydrogens (primary N) is 1. The lowest BCUT2D eigenvalue weighted by molar-refractivity contribution is 0.832. The molecule has 0 bridgehead atoms. The molecule has 1 aromatic carbocycles. The SMILES string of the molecule is Cn1c(=O)n(-c2ccnc(N)n2)c2cc(Br)ccc21. The molecule has 0 saturated heterocycles. The molecule has 0 aliphatic rings. The number of halogens is 1. The summed E-state index contributed by atoms with van der Waals surface area (Å²) >= 11 is 3.41. The fourth-order valence-corrected chi connectivity index (χ4v) is 2.37. The zero-order valence-corrected chi connectivity index (χ0v) is 11.6. The highest BCUT2D eigenvalue weighted by Gasteiger charge is 2.13. The molecule has 3 aromatic rings. The number of benzene rings is 1. The predicted molar refractivity (Wildman–Crippen MR) is 76.2 cm³/mol. The van der Waals surface area contributed by atoms with Crippen molar-refractivity contribution >= 4 is 32.9 Å². The average Bonchev–Trinajstić information content (AvgIpc) is 2.61. The van der Waals surface area contributed by atoms with Crippen LogP contribution in [0, 0.1) is 0 Å². The lowest BCUT2D eigenvalue weighted by atomic mass is 10.3. The van der Waals surface area contributed by atoms with E-state index in [1.165, 1.54) is 10.8 Å². The Morgan fingerprint density at radius 2 is 2.05 bits per heavy atom. The molecule has 0 saturated carbocycles. The van der Waals surface area contributed by atoms with Gasteiger partial charge >= 0.3 is 5.69 Å². The predicted octanol–water partition coefficient (Wildman–Crippen LogP) is 1.46. The maximum Gasteiger partial charge on any atom is 0.334 e. The van der Waals surface area contributed by atoms with Crippen molar-refractivity contribution in [3.05, 3.63) is 45.4 Å². The molecule has 2 heterocycles. The number of anilines is 1. The Morgan fingerprint density at radius 1 is 1.26 bits per heavy atom. The van der Waals surface area contributed by atoms with Crippen molar-refractivity contribution < 1.29 is 0 Å². The Balaban J connectivity index is 2.44. The zero-order valence-electron chi connectivity index (χ0n) is 10.0. The van der Waals surface area contributed by atoms with Crippen LogP contribution in [0.3, 0.4) is 0 Å². The lowest BCUT2D eigenvalue weighted by Gasteiger charge is -2.02. The van der Waals surface area contributed by atoms with Crippen molar-refractivity contribution in [1.29, 1.82) is 0 Å². The van der Waals surface area contributed by atoms with Gasteiger partial charge in [-0.1, -0.05) is 15.9 Å². The van der Waals surface area contributed by atoms with Crippen LogP contribution < -0.4 is 11.4 Å². The highest BCUT2D eigenvalue weighted by atomic mass is 79.9. The summed E-state index contributed by atoms with van der Waals surface area (Å²) in [6.45, 7) is 0. The highest BCUT2D eigenvalue weighted by molar-refractivity contribution is 9.10. The van der Waals surface area contributed by atoms with E-state index in [1.807, 2.05) is 18.2 Å². The molecule has 0 unspecified atom stereocenters. The van der Waals surface area contributed by atoms with E-state index >= 15 is 0 Å². The van der Waals surface area contributed by atoms with Gasteiger partial charge < -0.3 is 5.73 Å². The molecule has 2 N–H and O–H groups in total. The van der Waals surface area contributed by atoms with Crippen molar-refractivity contribution in [2.24, 2.45) is 7.05 Å². The van der Waals surface area contributed by atoms with E-state index in [4.69, 9.17) is 5.73 Å². The Hall–Kier alpha value is -2.15. The number of hydrogen-bond donors (Lipinski definition) is 1. The summed E-state index contributed by atoms with van der Waals surface area (Å²) in [6, 6.07) is 7.29. The van der Waals surface area contributed by atoms with Gasteiger partial charge in [0.1, 0.15) is 5.82 Å². The lowest BCUT2D eigenvalue weighted by Crippen LogP contribution is -2.21. The fraction of sp³-hybridized carbons (Fsp3) is 0.0833. The van der Waals surface area contributed by atoms with Gasteiger partial charge in [-0.15, -0.1) is 0 Å². The van der Waals surface area contributed by atoms with Crippen molar-refractivity contribution in [2.75, 3.05) is 5.73 Å². The molecule has 96 valence electrons. The van der Waals surface area contributed by atoms with Gasteiger partial charge in [-0.05, 0) is 18.2 Å². The third-order valence-corrected chi connectivity index (χ3v) is 3.40. The smallest absolute Gasteiger partial charge is 0.334 e. The van der Waals surface area contributed by atoms with E-state index in [1.54, 1.807) is 17.7 Å². The minimum absolute atomic E-state index is 0.136. The molecule has 3 rings (SSSR count). The Morgan fingerprint density at radius 3 is 2.79 bits per heavy atom. The largest absolute Gasteiger partial charge is 0.368 e. The quantitative estimate of drug-likeness (QED) is 0.736. The second-order valence-electron chi connectivity index (χ2n) is 4.08. The second kappa shape index (κ2) is 4.20. The second-order valence-corrected chi connectivity index (χ2v) is 5.00. The van der Waals surface area contributed by atoms with Crippen molar-refractivity contribution in [2.45, 2.75) is 0 Å². The minimum Gasteiger partial charge on any atom is -0.368 e. The molecule has 0 amide bonds. The van der Waals surface area contributed by atoms with Gasteiger partial charge in [0.2, 0.25) is 5.95 Å². The first-order valence-electron chi connectivity index (χ1n) is 5.54. The standard InChI is InChI=1S/C12H10BrN5O/c1-17-8-3-2-7(13)6-9(8)18(12(17)19)10-4-5-15-11(14)16-10/h2-6H,1H3,(H2,14,15,16). The third-order valence-electron chi connectivity index (χ3n) is 2.91. The van der Waals surface area contributed by atoms with Crippen LogP contribution in [0.4, 0.5) is 5.95 Å². The number of nitrogen functional groups attached to an aromatic ring is 1. The number of imidazole rings is 1. The van der Waals surface area contributed by atoms with E-state index in [2.05, 4.69) is 25.9 Å². The minimum atomic E-state index is -0.175. The molecule has 2 aromatic heterocycles. The van der Waals surface area contributed by atoms with E-state index in [0.29, 0.717) is 5.82 Å². The van der Waals surface area contributed by atoms with Crippen LogP contribution in [-0.2, 0) is 7.05 Å². The van der Waals surface area contributed by atoms with Crippen LogP contribution in [0.5, 0.6) is 0 Å². The van der Waals surface area contributed by atoms with Gasteiger partial charge in [0.25, 0.3) is 0 Å². The first-order chi connectivity index (χ1) is 9.08. The summed E-state index contributed by atoms with van der Waals surface area (Å²) in [5.41, 5.74) is 6.99. The fourth-order valence-electron chi connectivity index (χ4n) is 2.03. The first kappa shape index (κ1) is 11.9. The summed E-state index contributed by atoms with van der Waals surface area (Å²) in [6.07, 6.45) is 1.53. The molecule has 0 spiro atoms. The van der Waals surface area contributed by atoms with Gasteiger partial charge in [0.15, 0.2) is 0 Å². The number of nitrogens with zero attached hydrogens (tertiary/aromatic N) is 4. The molecule has 0 radical (unpaired) electrons. The van der Waals surface area contributed by atoms with Crippen LogP contribution >= 0.6 is 15.9 Å². The summed E-state index contributed by atoms with van der Waals surface area (Å²) < 4.78 is 3.97. The van der Waals surface area contributed by atoms with Crippen LogP contribution in [0.1, 0.15) is 0 Å². The molecule has 0 fully saturated rings. The van der Waals surface area contributed by atoms with Gasteiger partial charge in [-0.25, -0.2) is 14.3 Å². The summed E-state index contributed by atoms with van der Waals surface area (Å²) in [5.74, 6) is 0.595. The van der Waals surface area contributed by atoms with Gasteiger partial charge in [-0.3, -0.25) is 4.57 Å².